The zero-order valence-electron chi connectivity index (χ0n) is 15.1. The third-order valence-corrected chi connectivity index (χ3v) is 6.83. The summed E-state index contributed by atoms with van der Waals surface area (Å²) in [6.45, 7) is 2.50. The van der Waals surface area contributed by atoms with Crippen LogP contribution in [0.2, 0.25) is 0 Å². The fraction of sp³-hybridized carbons (Fsp3) is 0.263. The molecule has 1 amide bonds. The van der Waals surface area contributed by atoms with E-state index in [2.05, 4.69) is 4.99 Å². The molecule has 0 fully saturated rings. The minimum absolute atomic E-state index is 0.157. The molecule has 0 unspecified atom stereocenters. The van der Waals surface area contributed by atoms with Crippen molar-refractivity contribution in [3.05, 3.63) is 53.3 Å². The molecule has 1 aromatic heterocycles. The van der Waals surface area contributed by atoms with Gasteiger partial charge in [-0.25, -0.2) is 8.42 Å². The smallest absolute Gasteiger partial charge is 0.249 e. The number of carbonyl (C=O) groups is 1. The van der Waals surface area contributed by atoms with Gasteiger partial charge in [0.05, 0.1) is 27.5 Å². The molecule has 2 aromatic carbocycles. The van der Waals surface area contributed by atoms with Gasteiger partial charge in [0.15, 0.2) is 14.6 Å². The first-order valence-electron chi connectivity index (χ1n) is 8.48. The molecule has 3 aromatic rings. The summed E-state index contributed by atoms with van der Waals surface area (Å²) in [6, 6.07) is 13.8. The number of thiazole rings is 1. The maximum absolute atomic E-state index is 12.3. The zero-order chi connectivity index (χ0) is 19.4. The fourth-order valence-corrected chi connectivity index (χ4v) is 4.92. The van der Waals surface area contributed by atoms with E-state index in [-0.39, 0.29) is 17.1 Å². The van der Waals surface area contributed by atoms with Crippen LogP contribution >= 0.6 is 11.3 Å². The van der Waals surface area contributed by atoms with Crippen molar-refractivity contribution < 1.29 is 17.9 Å². The Kier molecular flexibility index (Phi) is 5.76. The average molecular weight is 405 g/mol. The quantitative estimate of drug-likeness (QED) is 0.633. The van der Waals surface area contributed by atoms with Crippen LogP contribution in [0.15, 0.2) is 58.4 Å². The molecule has 0 aliphatic rings. The fourth-order valence-electron chi connectivity index (χ4n) is 2.61. The number of sulfone groups is 1. The largest absolute Gasteiger partial charge is 0.494 e. The van der Waals surface area contributed by atoms with Crippen molar-refractivity contribution in [2.45, 2.75) is 18.2 Å². The summed E-state index contributed by atoms with van der Waals surface area (Å²) in [5.41, 5.74) is 0.937. The van der Waals surface area contributed by atoms with Gasteiger partial charge in [-0.15, -0.1) is 0 Å². The number of ether oxygens (including phenoxy) is 1. The van der Waals surface area contributed by atoms with Gasteiger partial charge < -0.3 is 9.30 Å². The van der Waals surface area contributed by atoms with E-state index in [1.807, 2.05) is 36.7 Å². The predicted molar refractivity (Wildman–Crippen MR) is 106 cm³/mol. The topological polar surface area (TPSA) is 77.7 Å². The van der Waals surface area contributed by atoms with Gasteiger partial charge in [-0.2, -0.15) is 4.99 Å². The molecule has 6 nitrogen and oxygen atoms in total. The molecular formula is C19H20N2O4S2. The van der Waals surface area contributed by atoms with Crippen molar-refractivity contribution in [2.24, 2.45) is 12.0 Å². The van der Waals surface area contributed by atoms with Crippen molar-refractivity contribution in [2.75, 3.05) is 12.4 Å². The number of hydrogen-bond acceptors (Lipinski definition) is 5. The number of carbonyl (C=O) groups excluding carboxylic acids is 1. The van der Waals surface area contributed by atoms with E-state index in [1.54, 1.807) is 18.2 Å². The second-order valence-corrected chi connectivity index (χ2v) is 9.01. The van der Waals surface area contributed by atoms with Gasteiger partial charge in [0.2, 0.25) is 5.91 Å². The molecule has 0 N–H and O–H groups in total. The summed E-state index contributed by atoms with van der Waals surface area (Å²) in [6.07, 6.45) is -0.157. The van der Waals surface area contributed by atoms with E-state index in [1.165, 1.54) is 23.5 Å². The predicted octanol–water partition coefficient (Wildman–Crippen LogP) is 2.93. The lowest BCUT2D eigenvalue weighted by Crippen LogP contribution is -2.15. The molecule has 0 saturated heterocycles. The highest BCUT2D eigenvalue weighted by Crippen LogP contribution is 2.22. The van der Waals surface area contributed by atoms with Crippen molar-refractivity contribution in [3.8, 4) is 5.75 Å². The minimum atomic E-state index is -3.50. The van der Waals surface area contributed by atoms with Crippen LogP contribution in [0.1, 0.15) is 13.3 Å². The van der Waals surface area contributed by atoms with E-state index < -0.39 is 15.7 Å². The van der Waals surface area contributed by atoms with E-state index in [9.17, 15) is 13.2 Å². The molecule has 8 heteroatoms. The van der Waals surface area contributed by atoms with Crippen molar-refractivity contribution in [1.29, 1.82) is 0 Å². The number of amides is 1. The van der Waals surface area contributed by atoms with Crippen LogP contribution in [0.4, 0.5) is 0 Å². The van der Waals surface area contributed by atoms with Gasteiger partial charge >= 0.3 is 0 Å². The first-order valence-corrected chi connectivity index (χ1v) is 11.0. The number of benzene rings is 2. The molecule has 27 heavy (non-hydrogen) atoms. The first kappa shape index (κ1) is 19.3. The van der Waals surface area contributed by atoms with Crippen molar-refractivity contribution >= 4 is 37.3 Å². The Morgan fingerprint density at radius 2 is 1.93 bits per heavy atom. The zero-order valence-corrected chi connectivity index (χ0v) is 16.7. The molecule has 0 spiro atoms. The second-order valence-electron chi connectivity index (χ2n) is 5.89. The molecule has 0 bridgehead atoms. The maximum atomic E-state index is 12.3. The molecule has 0 saturated carbocycles. The van der Waals surface area contributed by atoms with E-state index >= 15 is 0 Å². The summed E-state index contributed by atoms with van der Waals surface area (Å²) < 4.78 is 32.8. The highest BCUT2D eigenvalue weighted by molar-refractivity contribution is 7.91. The average Bonchev–Trinajstić information content (AvgIpc) is 2.96. The molecule has 0 aliphatic heterocycles. The van der Waals surface area contributed by atoms with Crippen LogP contribution in [-0.2, 0) is 21.7 Å². The van der Waals surface area contributed by atoms with Crippen LogP contribution in [0.3, 0.4) is 0 Å². The van der Waals surface area contributed by atoms with Gasteiger partial charge in [-0.05, 0) is 37.3 Å². The number of rotatable bonds is 6. The third kappa shape index (κ3) is 4.45. The van der Waals surface area contributed by atoms with Crippen molar-refractivity contribution in [1.82, 2.24) is 4.57 Å². The Hall–Kier alpha value is -2.45. The van der Waals surface area contributed by atoms with Gasteiger partial charge in [0.1, 0.15) is 5.75 Å². The SMILES string of the molecule is CCOc1ccc2c(c1)sc(=NC(=O)CCS(=O)(=O)c1ccccc1)n2C. The first-order chi connectivity index (χ1) is 12.9. The van der Waals surface area contributed by atoms with Crippen LogP contribution in [0.25, 0.3) is 10.2 Å². The minimum Gasteiger partial charge on any atom is -0.494 e. The third-order valence-electron chi connectivity index (χ3n) is 4.00. The Balaban J connectivity index is 1.80. The summed E-state index contributed by atoms with van der Waals surface area (Å²) in [4.78, 5) is 17.1. The van der Waals surface area contributed by atoms with E-state index in [0.29, 0.717) is 11.4 Å². The molecule has 3 rings (SSSR count). The van der Waals surface area contributed by atoms with Gasteiger partial charge in [0, 0.05) is 13.5 Å². The lowest BCUT2D eigenvalue weighted by molar-refractivity contribution is -0.117. The highest BCUT2D eigenvalue weighted by atomic mass is 32.2. The van der Waals surface area contributed by atoms with Crippen LogP contribution in [-0.4, -0.2) is 31.3 Å². The summed E-state index contributed by atoms with van der Waals surface area (Å²) in [7, 11) is -1.67. The van der Waals surface area contributed by atoms with Gasteiger partial charge in [-0.3, -0.25) is 4.79 Å². The second kappa shape index (κ2) is 8.06. The number of aryl methyl sites for hydroxylation is 1. The van der Waals surface area contributed by atoms with E-state index in [4.69, 9.17) is 4.74 Å². The van der Waals surface area contributed by atoms with Gasteiger partial charge in [0.25, 0.3) is 0 Å². The van der Waals surface area contributed by atoms with Crippen molar-refractivity contribution in [3.63, 3.8) is 0 Å². The number of aromatic nitrogens is 1. The Morgan fingerprint density at radius 3 is 2.63 bits per heavy atom. The highest BCUT2D eigenvalue weighted by Gasteiger charge is 2.16. The Bertz CT molecular complexity index is 1130. The summed E-state index contributed by atoms with van der Waals surface area (Å²) >= 11 is 1.37. The lowest BCUT2D eigenvalue weighted by atomic mass is 10.3. The lowest BCUT2D eigenvalue weighted by Gasteiger charge is -2.02. The van der Waals surface area contributed by atoms with Crippen LogP contribution in [0, 0.1) is 0 Å². The monoisotopic (exact) mass is 404 g/mol. The number of fused-ring (bicyclic) bond motifs is 1. The summed E-state index contributed by atoms with van der Waals surface area (Å²) in [5.74, 6) is 0.0444. The number of hydrogen-bond donors (Lipinski definition) is 0. The normalized spacial score (nSPS) is 12.4. The molecule has 0 radical (unpaired) electrons. The van der Waals surface area contributed by atoms with Gasteiger partial charge in [-0.1, -0.05) is 29.5 Å². The molecule has 0 atom stereocenters. The van der Waals surface area contributed by atoms with Crippen LogP contribution in [0.5, 0.6) is 5.75 Å². The number of nitrogens with zero attached hydrogens (tertiary/aromatic N) is 2. The molecule has 0 aliphatic carbocycles. The van der Waals surface area contributed by atoms with Crippen LogP contribution < -0.4 is 9.54 Å². The Morgan fingerprint density at radius 1 is 1.19 bits per heavy atom. The Labute approximate surface area is 161 Å². The molecule has 1 heterocycles. The maximum Gasteiger partial charge on any atom is 0.249 e. The summed E-state index contributed by atoms with van der Waals surface area (Å²) in [5, 5.41) is 0. The van der Waals surface area contributed by atoms with E-state index in [0.717, 1.165) is 16.0 Å². The standard InChI is InChI=1S/C19H20N2O4S2/c1-3-25-14-9-10-16-17(13-14)26-19(21(16)2)20-18(22)11-12-27(23,24)15-7-5-4-6-8-15/h4-10,13H,3,11-12H2,1-2H3. The molecule has 142 valence electrons. The molecular weight excluding hydrogens is 384 g/mol.